The van der Waals surface area contributed by atoms with Crippen LogP contribution >= 0.6 is 0 Å². The van der Waals surface area contributed by atoms with Gasteiger partial charge in [0.25, 0.3) is 0 Å². The molecule has 34 heavy (non-hydrogen) atoms. The molecule has 0 bridgehead atoms. The zero-order valence-corrected chi connectivity index (χ0v) is 20.8. The van der Waals surface area contributed by atoms with Crippen molar-refractivity contribution in [2.75, 3.05) is 26.7 Å². The quantitative estimate of drug-likeness (QED) is 0.512. The number of carbonyl (C=O) groups is 1. The lowest BCUT2D eigenvalue weighted by molar-refractivity contribution is -0.141. The van der Waals surface area contributed by atoms with E-state index in [-0.39, 0.29) is 5.97 Å². The SMILES string of the molecule is COC(=O)CCC[C@@H]1[C@H]2CCCN3CCC[C@H](CN1Cc1cn(CC4CC4)c4ccccc14)[C@@H]23. The normalized spacial score (nSPS) is 29.8. The topological polar surface area (TPSA) is 37.7 Å². The van der Waals surface area contributed by atoms with Crippen LogP contribution in [0.25, 0.3) is 10.9 Å². The van der Waals surface area contributed by atoms with Crippen molar-refractivity contribution in [2.24, 2.45) is 17.8 Å². The Hall–Kier alpha value is -1.85. The average Bonchev–Trinajstić information content (AvgIpc) is 3.62. The first kappa shape index (κ1) is 22.6. The molecule has 5 nitrogen and oxygen atoms in total. The molecule has 4 fully saturated rings. The zero-order chi connectivity index (χ0) is 23.1. The fraction of sp³-hybridized carbons (Fsp3) is 0.690. The average molecular weight is 464 g/mol. The Balaban J connectivity index is 1.28. The third-order valence-electron chi connectivity index (χ3n) is 9.28. The molecule has 1 aromatic carbocycles. The highest BCUT2D eigenvalue weighted by atomic mass is 16.5. The Morgan fingerprint density at radius 2 is 1.91 bits per heavy atom. The van der Waals surface area contributed by atoms with E-state index in [0.717, 1.165) is 43.2 Å². The summed E-state index contributed by atoms with van der Waals surface area (Å²) in [6, 6.07) is 10.4. The number of hydrogen-bond acceptors (Lipinski definition) is 4. The molecule has 0 unspecified atom stereocenters. The number of carbonyl (C=O) groups excluding carboxylic acids is 1. The Labute approximate surface area is 204 Å². The van der Waals surface area contributed by atoms with Crippen molar-refractivity contribution in [1.29, 1.82) is 0 Å². The van der Waals surface area contributed by atoms with E-state index in [1.807, 2.05) is 0 Å². The van der Waals surface area contributed by atoms with E-state index >= 15 is 0 Å². The molecule has 1 aliphatic carbocycles. The van der Waals surface area contributed by atoms with E-state index in [2.05, 4.69) is 44.8 Å². The van der Waals surface area contributed by atoms with E-state index in [1.165, 1.54) is 88.3 Å². The molecule has 0 amide bonds. The number of piperidine rings is 3. The monoisotopic (exact) mass is 463 g/mol. The van der Waals surface area contributed by atoms with Crippen LogP contribution in [-0.2, 0) is 22.6 Å². The van der Waals surface area contributed by atoms with Gasteiger partial charge in [-0.05, 0) is 93.8 Å². The number of nitrogens with zero attached hydrogens (tertiary/aromatic N) is 3. The van der Waals surface area contributed by atoms with Gasteiger partial charge in [0, 0.05) is 55.2 Å². The fourth-order valence-electron chi connectivity index (χ4n) is 7.62. The standard InChI is InChI=1S/C29H41N3O2/c1-34-28(33)12-4-11-27-25-9-6-16-30-15-5-7-22(29(25)30)18-32(27)20-23-19-31(17-21-13-14-21)26-10-3-2-8-24(23)26/h2-3,8,10,19,21-22,25,27,29H,4-7,9,11-18,20H2,1H3/t22-,25-,27-,29+/m1/s1. The number of rotatable bonds is 8. The molecule has 1 aromatic heterocycles. The van der Waals surface area contributed by atoms with Crippen molar-refractivity contribution < 1.29 is 9.53 Å². The Kier molecular flexibility index (Phi) is 6.42. The molecule has 4 heterocycles. The number of aromatic nitrogens is 1. The van der Waals surface area contributed by atoms with E-state index in [4.69, 9.17) is 4.74 Å². The maximum atomic E-state index is 11.9. The second-order valence-electron chi connectivity index (χ2n) is 11.5. The van der Waals surface area contributed by atoms with Gasteiger partial charge in [0.05, 0.1) is 7.11 Å². The third kappa shape index (κ3) is 4.42. The summed E-state index contributed by atoms with van der Waals surface area (Å²) in [7, 11) is 1.51. The van der Waals surface area contributed by atoms with Crippen LogP contribution < -0.4 is 0 Å². The van der Waals surface area contributed by atoms with Crippen LogP contribution in [0.1, 0.15) is 63.4 Å². The van der Waals surface area contributed by atoms with E-state index in [0.29, 0.717) is 12.5 Å². The summed E-state index contributed by atoms with van der Waals surface area (Å²) in [6.45, 7) is 6.01. The molecule has 3 saturated heterocycles. The van der Waals surface area contributed by atoms with E-state index < -0.39 is 0 Å². The molecule has 5 heteroatoms. The van der Waals surface area contributed by atoms with Gasteiger partial charge in [0.2, 0.25) is 0 Å². The van der Waals surface area contributed by atoms with Crippen LogP contribution in [-0.4, -0.2) is 59.2 Å². The molecule has 2 aromatic rings. The predicted octanol–water partition coefficient (Wildman–Crippen LogP) is 5.07. The van der Waals surface area contributed by atoms with Gasteiger partial charge in [0.15, 0.2) is 0 Å². The molecule has 6 rings (SSSR count). The minimum Gasteiger partial charge on any atom is -0.469 e. The van der Waals surface area contributed by atoms with Crippen LogP contribution in [0.15, 0.2) is 30.5 Å². The van der Waals surface area contributed by atoms with Gasteiger partial charge < -0.3 is 9.30 Å². The van der Waals surface area contributed by atoms with E-state index in [9.17, 15) is 4.79 Å². The molecule has 0 N–H and O–H groups in total. The van der Waals surface area contributed by atoms with Crippen LogP contribution in [0.5, 0.6) is 0 Å². The zero-order valence-electron chi connectivity index (χ0n) is 20.8. The summed E-state index contributed by atoms with van der Waals surface area (Å²) in [6.07, 6.45) is 13.2. The number of esters is 1. The number of benzene rings is 1. The second kappa shape index (κ2) is 9.66. The molecular weight excluding hydrogens is 422 g/mol. The molecule has 4 atom stereocenters. The molecule has 0 spiro atoms. The highest BCUT2D eigenvalue weighted by Crippen LogP contribution is 2.44. The second-order valence-corrected chi connectivity index (χ2v) is 11.5. The summed E-state index contributed by atoms with van der Waals surface area (Å²) < 4.78 is 7.49. The summed E-state index contributed by atoms with van der Waals surface area (Å²) in [5, 5.41) is 1.44. The lowest BCUT2D eigenvalue weighted by Gasteiger charge is -2.57. The summed E-state index contributed by atoms with van der Waals surface area (Å²) in [5.74, 6) is 2.35. The molecule has 1 saturated carbocycles. The van der Waals surface area contributed by atoms with Gasteiger partial charge >= 0.3 is 5.97 Å². The number of ether oxygens (including phenoxy) is 1. The Morgan fingerprint density at radius 1 is 1.09 bits per heavy atom. The van der Waals surface area contributed by atoms with Crippen molar-refractivity contribution in [1.82, 2.24) is 14.4 Å². The van der Waals surface area contributed by atoms with Gasteiger partial charge in [-0.25, -0.2) is 0 Å². The number of methoxy groups -OCH3 is 1. The number of likely N-dealkylation sites (tertiary alicyclic amines) is 1. The Morgan fingerprint density at radius 3 is 2.74 bits per heavy atom. The first-order valence-corrected chi connectivity index (χ1v) is 13.8. The van der Waals surface area contributed by atoms with Crippen molar-refractivity contribution in [2.45, 2.75) is 83.0 Å². The highest BCUT2D eigenvalue weighted by molar-refractivity contribution is 5.84. The number of fused-ring (bicyclic) bond motifs is 1. The maximum Gasteiger partial charge on any atom is 0.305 e. The molecule has 3 aliphatic heterocycles. The summed E-state index contributed by atoms with van der Waals surface area (Å²) in [4.78, 5) is 17.5. The fourth-order valence-corrected chi connectivity index (χ4v) is 7.62. The molecule has 0 radical (unpaired) electrons. The van der Waals surface area contributed by atoms with Crippen molar-refractivity contribution >= 4 is 16.9 Å². The summed E-state index contributed by atoms with van der Waals surface area (Å²) in [5.41, 5.74) is 2.90. The van der Waals surface area contributed by atoms with Gasteiger partial charge in [0.1, 0.15) is 0 Å². The van der Waals surface area contributed by atoms with Crippen LogP contribution in [0.2, 0.25) is 0 Å². The lowest BCUT2D eigenvalue weighted by atomic mass is 9.69. The van der Waals surface area contributed by atoms with Gasteiger partial charge in [-0.1, -0.05) is 18.2 Å². The number of hydrogen-bond donors (Lipinski definition) is 0. The minimum absolute atomic E-state index is 0.0636. The molecule has 4 aliphatic rings. The lowest BCUT2D eigenvalue weighted by Crippen LogP contribution is -2.64. The van der Waals surface area contributed by atoms with Gasteiger partial charge in [-0.15, -0.1) is 0 Å². The van der Waals surface area contributed by atoms with E-state index in [1.54, 1.807) is 0 Å². The van der Waals surface area contributed by atoms with Crippen molar-refractivity contribution in [3.05, 3.63) is 36.0 Å². The maximum absolute atomic E-state index is 11.9. The smallest absolute Gasteiger partial charge is 0.305 e. The van der Waals surface area contributed by atoms with Crippen molar-refractivity contribution in [3.8, 4) is 0 Å². The van der Waals surface area contributed by atoms with Crippen LogP contribution in [0.3, 0.4) is 0 Å². The largest absolute Gasteiger partial charge is 0.469 e. The van der Waals surface area contributed by atoms with Gasteiger partial charge in [-0.2, -0.15) is 0 Å². The first-order valence-electron chi connectivity index (χ1n) is 13.8. The first-order chi connectivity index (χ1) is 16.7. The Bertz CT molecular complexity index is 1010. The molecular formula is C29H41N3O2. The van der Waals surface area contributed by atoms with Crippen molar-refractivity contribution in [3.63, 3.8) is 0 Å². The molecule has 184 valence electrons. The minimum atomic E-state index is -0.0636. The van der Waals surface area contributed by atoms with Crippen LogP contribution in [0, 0.1) is 17.8 Å². The number of para-hydroxylation sites is 1. The third-order valence-corrected chi connectivity index (χ3v) is 9.28. The summed E-state index contributed by atoms with van der Waals surface area (Å²) >= 11 is 0. The van der Waals surface area contributed by atoms with Gasteiger partial charge in [-0.3, -0.25) is 14.6 Å². The predicted molar refractivity (Wildman–Crippen MR) is 136 cm³/mol. The highest BCUT2D eigenvalue weighted by Gasteiger charge is 2.48. The van der Waals surface area contributed by atoms with Crippen LogP contribution in [0.4, 0.5) is 0 Å².